The number of H-pyrrole nitrogens is 1. The average Bonchev–Trinajstić information content (AvgIpc) is 2.89. The number of aromatic amines is 1. The molecule has 0 saturated carbocycles. The summed E-state index contributed by atoms with van der Waals surface area (Å²) in [6.45, 7) is 2.18. The van der Waals surface area contributed by atoms with E-state index in [-0.39, 0.29) is 0 Å². The normalized spacial score (nSPS) is 15.2. The van der Waals surface area contributed by atoms with Crippen molar-refractivity contribution in [3.63, 3.8) is 0 Å². The molecule has 2 heterocycles. The van der Waals surface area contributed by atoms with Crippen molar-refractivity contribution in [2.75, 3.05) is 5.73 Å². The summed E-state index contributed by atoms with van der Waals surface area (Å²) in [5.41, 5.74) is 9.87. The van der Waals surface area contributed by atoms with E-state index in [9.17, 15) is 0 Å². The Morgan fingerprint density at radius 3 is 3.00 bits per heavy atom. The number of thiophene rings is 1. The number of rotatable bonds is 3. The number of nitrogens with zero attached hydrogens (tertiary/aromatic N) is 1. The number of hydrogen-bond donors (Lipinski definition) is 2. The van der Waals surface area contributed by atoms with Gasteiger partial charge in [0.1, 0.15) is 5.82 Å². The summed E-state index contributed by atoms with van der Waals surface area (Å²) in [6, 6.07) is 2.36. The van der Waals surface area contributed by atoms with Gasteiger partial charge in [-0.2, -0.15) is 5.10 Å². The Morgan fingerprint density at radius 2 is 2.16 bits per heavy atom. The second-order valence-corrected chi connectivity index (χ2v) is 6.47. The summed E-state index contributed by atoms with van der Waals surface area (Å²) < 4.78 is 0. The van der Waals surface area contributed by atoms with Crippen LogP contribution in [-0.4, -0.2) is 10.2 Å². The highest BCUT2D eigenvalue weighted by atomic mass is 32.1. The van der Waals surface area contributed by atoms with E-state index >= 15 is 0 Å². The van der Waals surface area contributed by atoms with Gasteiger partial charge in [0.2, 0.25) is 0 Å². The molecule has 3 rings (SSSR count). The van der Waals surface area contributed by atoms with Gasteiger partial charge in [-0.3, -0.25) is 5.10 Å². The van der Waals surface area contributed by atoms with Crippen molar-refractivity contribution in [2.24, 2.45) is 0 Å². The van der Waals surface area contributed by atoms with Crippen LogP contribution in [0.2, 0.25) is 0 Å². The molecule has 0 atom stereocenters. The fourth-order valence-corrected chi connectivity index (χ4v) is 4.15. The number of aromatic nitrogens is 2. The van der Waals surface area contributed by atoms with E-state index in [2.05, 4.69) is 23.2 Å². The van der Waals surface area contributed by atoms with E-state index in [1.807, 2.05) is 11.3 Å². The molecular weight excluding hydrogens is 254 g/mol. The first kappa shape index (κ1) is 12.7. The Kier molecular flexibility index (Phi) is 3.60. The highest BCUT2D eigenvalue weighted by Gasteiger charge is 2.17. The molecule has 0 aliphatic heterocycles. The number of nitrogen functional groups attached to an aromatic ring is 1. The second kappa shape index (κ2) is 5.37. The van der Waals surface area contributed by atoms with Gasteiger partial charge in [-0.15, -0.1) is 11.3 Å². The Balaban J connectivity index is 1.98. The van der Waals surface area contributed by atoms with Gasteiger partial charge in [0.05, 0.1) is 10.6 Å². The number of nitrogens with one attached hydrogen (secondary N) is 1. The third-order valence-corrected chi connectivity index (χ3v) is 5.15. The molecule has 0 fully saturated rings. The van der Waals surface area contributed by atoms with Crippen molar-refractivity contribution < 1.29 is 0 Å². The summed E-state index contributed by atoms with van der Waals surface area (Å²) in [4.78, 5) is 2.89. The number of fused-ring (bicyclic) bond motifs is 1. The van der Waals surface area contributed by atoms with Crippen LogP contribution in [0.5, 0.6) is 0 Å². The van der Waals surface area contributed by atoms with E-state index in [4.69, 9.17) is 5.73 Å². The van der Waals surface area contributed by atoms with Crippen molar-refractivity contribution in [3.8, 4) is 10.6 Å². The molecule has 0 aromatic carbocycles. The zero-order chi connectivity index (χ0) is 13.2. The minimum Gasteiger partial charge on any atom is -0.382 e. The fourth-order valence-electron chi connectivity index (χ4n) is 2.88. The van der Waals surface area contributed by atoms with Gasteiger partial charge in [-0.05, 0) is 43.7 Å². The largest absolute Gasteiger partial charge is 0.382 e. The minimum atomic E-state index is 0.667. The fraction of sp³-hybridized carbons (Fsp3) is 0.533. The molecule has 0 saturated heterocycles. The Bertz CT molecular complexity index is 544. The van der Waals surface area contributed by atoms with Crippen LogP contribution < -0.4 is 5.73 Å². The van der Waals surface area contributed by atoms with Crippen LogP contribution in [0.3, 0.4) is 0 Å². The smallest absolute Gasteiger partial charge is 0.149 e. The Labute approximate surface area is 118 Å². The molecule has 1 aliphatic rings. The second-order valence-electron chi connectivity index (χ2n) is 5.33. The van der Waals surface area contributed by atoms with Crippen LogP contribution in [0, 0.1) is 0 Å². The topological polar surface area (TPSA) is 54.7 Å². The first-order valence-corrected chi connectivity index (χ1v) is 8.06. The molecule has 3 nitrogen and oxygen atoms in total. The lowest BCUT2D eigenvalue weighted by Gasteiger charge is -2.00. The maximum Gasteiger partial charge on any atom is 0.149 e. The molecule has 0 radical (unpaired) electrons. The van der Waals surface area contributed by atoms with Crippen molar-refractivity contribution >= 4 is 17.2 Å². The van der Waals surface area contributed by atoms with Crippen molar-refractivity contribution in [1.29, 1.82) is 0 Å². The van der Waals surface area contributed by atoms with E-state index < -0.39 is 0 Å². The Morgan fingerprint density at radius 1 is 1.32 bits per heavy atom. The lowest BCUT2D eigenvalue weighted by Crippen LogP contribution is -1.92. The zero-order valence-electron chi connectivity index (χ0n) is 11.5. The third-order valence-electron chi connectivity index (χ3n) is 3.89. The quantitative estimate of drug-likeness (QED) is 0.834. The number of nitrogens with two attached hydrogens (primary N) is 1. The van der Waals surface area contributed by atoms with Crippen LogP contribution in [0.4, 0.5) is 5.82 Å². The lowest BCUT2D eigenvalue weighted by molar-refractivity contribution is 0.713. The van der Waals surface area contributed by atoms with E-state index in [0.29, 0.717) is 5.82 Å². The molecule has 0 spiro atoms. The highest BCUT2D eigenvalue weighted by Crippen LogP contribution is 2.37. The molecule has 19 heavy (non-hydrogen) atoms. The van der Waals surface area contributed by atoms with Gasteiger partial charge in [0, 0.05) is 10.4 Å². The molecule has 0 bridgehead atoms. The van der Waals surface area contributed by atoms with Gasteiger partial charge in [-0.25, -0.2) is 0 Å². The molecule has 2 aromatic rings. The van der Waals surface area contributed by atoms with Crippen molar-refractivity contribution in [2.45, 2.75) is 51.9 Å². The lowest BCUT2D eigenvalue weighted by atomic mass is 10.1. The summed E-state index contributed by atoms with van der Waals surface area (Å²) in [5, 5.41) is 7.33. The monoisotopic (exact) mass is 275 g/mol. The molecule has 102 valence electrons. The third kappa shape index (κ3) is 2.41. The summed E-state index contributed by atoms with van der Waals surface area (Å²) >= 11 is 1.93. The van der Waals surface area contributed by atoms with Gasteiger partial charge in [-0.1, -0.05) is 19.8 Å². The number of anilines is 1. The van der Waals surface area contributed by atoms with Crippen LogP contribution in [-0.2, 0) is 19.3 Å². The molecule has 2 aromatic heterocycles. The maximum atomic E-state index is 5.97. The summed E-state index contributed by atoms with van der Waals surface area (Å²) in [6.07, 6.45) is 8.61. The molecule has 3 N–H and O–H groups in total. The number of hydrogen-bond acceptors (Lipinski definition) is 3. The highest BCUT2D eigenvalue weighted by molar-refractivity contribution is 7.15. The maximum absolute atomic E-state index is 5.97. The molecular formula is C15H21N3S. The summed E-state index contributed by atoms with van der Waals surface area (Å²) in [7, 11) is 0. The number of aryl methyl sites for hydroxylation is 2. The van der Waals surface area contributed by atoms with Crippen LogP contribution in [0.15, 0.2) is 6.07 Å². The predicted octanol–water partition coefficient (Wildman–Crippen LogP) is 3.94. The first-order chi connectivity index (χ1) is 9.29. The molecule has 1 aliphatic carbocycles. The zero-order valence-corrected chi connectivity index (χ0v) is 12.3. The van der Waals surface area contributed by atoms with Gasteiger partial charge in [0.15, 0.2) is 0 Å². The average molecular weight is 275 g/mol. The minimum absolute atomic E-state index is 0.667. The Hall–Kier alpha value is -1.29. The van der Waals surface area contributed by atoms with E-state index in [0.717, 1.165) is 18.5 Å². The van der Waals surface area contributed by atoms with Crippen molar-refractivity contribution in [3.05, 3.63) is 22.1 Å². The predicted molar refractivity (Wildman–Crippen MR) is 81.6 cm³/mol. The SMILES string of the molecule is CCCc1c(N)n[nH]c1-c1cc2c(s1)CCCCC2. The van der Waals surface area contributed by atoms with Gasteiger partial charge >= 0.3 is 0 Å². The van der Waals surface area contributed by atoms with Crippen molar-refractivity contribution in [1.82, 2.24) is 10.2 Å². The molecule has 4 heteroatoms. The first-order valence-electron chi connectivity index (χ1n) is 7.24. The molecule has 0 unspecified atom stereocenters. The summed E-state index contributed by atoms with van der Waals surface area (Å²) in [5.74, 6) is 0.667. The van der Waals surface area contributed by atoms with E-state index in [1.165, 1.54) is 42.5 Å². The molecule has 0 amide bonds. The van der Waals surface area contributed by atoms with Crippen LogP contribution in [0.1, 0.15) is 48.6 Å². The van der Waals surface area contributed by atoms with Crippen LogP contribution in [0.25, 0.3) is 10.6 Å². The van der Waals surface area contributed by atoms with Gasteiger partial charge in [0.25, 0.3) is 0 Å². The van der Waals surface area contributed by atoms with Gasteiger partial charge < -0.3 is 5.73 Å². The standard InChI is InChI=1S/C15H21N3S/c1-2-6-11-14(17-18-15(11)16)13-9-10-7-4-3-5-8-12(10)19-13/h9H,2-8H2,1H3,(H3,16,17,18). The van der Waals surface area contributed by atoms with E-state index in [1.54, 1.807) is 10.4 Å². The van der Waals surface area contributed by atoms with Crippen LogP contribution >= 0.6 is 11.3 Å².